The molecule has 0 radical (unpaired) electrons. The predicted octanol–water partition coefficient (Wildman–Crippen LogP) is 5.97. The largest absolute Gasteiger partial charge is 0.416 e. The van der Waals surface area contributed by atoms with Gasteiger partial charge in [0, 0.05) is 29.0 Å². The number of rotatable bonds is 5. The number of aromatic nitrogens is 5. The van der Waals surface area contributed by atoms with Crippen LogP contribution < -0.4 is 5.56 Å². The van der Waals surface area contributed by atoms with Gasteiger partial charge in [-0.15, -0.1) is 21.5 Å². The first-order valence-corrected chi connectivity index (χ1v) is 12.0. The van der Waals surface area contributed by atoms with E-state index in [1.807, 2.05) is 0 Å². The van der Waals surface area contributed by atoms with Crippen LogP contribution in [0, 0.1) is 0 Å². The average Bonchev–Trinajstić information content (AvgIpc) is 3.45. The third-order valence-corrected chi connectivity index (χ3v) is 6.93. The van der Waals surface area contributed by atoms with E-state index >= 15 is 0 Å². The van der Waals surface area contributed by atoms with Gasteiger partial charge in [0.05, 0.1) is 22.0 Å². The second kappa shape index (κ2) is 8.90. The van der Waals surface area contributed by atoms with Crippen molar-refractivity contribution in [3.8, 4) is 17.1 Å². The van der Waals surface area contributed by atoms with Gasteiger partial charge in [0.1, 0.15) is 0 Å². The molecule has 34 heavy (non-hydrogen) atoms. The summed E-state index contributed by atoms with van der Waals surface area (Å²) in [4.78, 5) is 17.3. The second-order valence-electron chi connectivity index (χ2n) is 7.10. The number of hydrogen-bond donors (Lipinski definition) is 0. The Morgan fingerprint density at radius 1 is 1.06 bits per heavy atom. The van der Waals surface area contributed by atoms with E-state index in [0.29, 0.717) is 32.2 Å². The van der Waals surface area contributed by atoms with Crippen molar-refractivity contribution in [1.29, 1.82) is 0 Å². The summed E-state index contributed by atoms with van der Waals surface area (Å²) in [6.45, 7) is 0. The Morgan fingerprint density at radius 2 is 1.88 bits per heavy atom. The molecule has 0 atom stereocenters. The van der Waals surface area contributed by atoms with E-state index in [2.05, 4.69) is 15.2 Å². The fourth-order valence-electron chi connectivity index (χ4n) is 3.33. The zero-order valence-corrected chi connectivity index (χ0v) is 19.4. The van der Waals surface area contributed by atoms with Crippen molar-refractivity contribution in [2.24, 2.45) is 0 Å². The lowest BCUT2D eigenvalue weighted by Gasteiger charge is -2.13. The topological polar surface area (TPSA) is 65.1 Å². The fourth-order valence-corrected chi connectivity index (χ4v) is 5.14. The van der Waals surface area contributed by atoms with E-state index < -0.39 is 11.7 Å². The van der Waals surface area contributed by atoms with E-state index in [0.717, 1.165) is 12.1 Å². The average molecular weight is 520 g/mol. The summed E-state index contributed by atoms with van der Waals surface area (Å²) in [7, 11) is 0. The Morgan fingerprint density at radius 3 is 2.68 bits per heavy atom. The zero-order chi connectivity index (χ0) is 23.9. The molecule has 0 fully saturated rings. The van der Waals surface area contributed by atoms with E-state index in [9.17, 15) is 18.0 Å². The first-order chi connectivity index (χ1) is 16.3. The Balaban J connectivity index is 1.59. The highest BCUT2D eigenvalue weighted by Gasteiger charge is 2.31. The van der Waals surface area contributed by atoms with Crippen LogP contribution in [0.1, 0.15) is 11.3 Å². The molecule has 3 aromatic heterocycles. The van der Waals surface area contributed by atoms with Crippen LogP contribution in [0.2, 0.25) is 5.02 Å². The van der Waals surface area contributed by atoms with Crippen LogP contribution in [-0.4, -0.2) is 24.1 Å². The number of thioether (sulfide) groups is 1. The minimum atomic E-state index is -4.51. The number of halogens is 4. The SMILES string of the molecule is O=c1cc(CSc2nnc(-c3ccccc3Cl)n2-c2cccc(C(F)(F)F)c2)nc2sccn12. The maximum absolute atomic E-state index is 13.4. The van der Waals surface area contributed by atoms with E-state index in [1.165, 1.54) is 44.2 Å². The molecule has 6 nitrogen and oxygen atoms in total. The van der Waals surface area contributed by atoms with Crippen molar-refractivity contribution in [2.45, 2.75) is 17.1 Å². The number of thiazole rings is 1. The summed E-state index contributed by atoms with van der Waals surface area (Å²) in [5.74, 6) is 0.567. The van der Waals surface area contributed by atoms with Crippen molar-refractivity contribution in [2.75, 3.05) is 0 Å². The molecule has 0 saturated carbocycles. The lowest BCUT2D eigenvalue weighted by Crippen LogP contribution is -2.12. The molecular formula is C22H13ClF3N5OS2. The predicted molar refractivity (Wildman–Crippen MR) is 126 cm³/mol. The van der Waals surface area contributed by atoms with Gasteiger partial charge in [0.25, 0.3) is 5.56 Å². The molecule has 172 valence electrons. The van der Waals surface area contributed by atoms with E-state index in [4.69, 9.17) is 11.6 Å². The van der Waals surface area contributed by atoms with Gasteiger partial charge in [0.15, 0.2) is 15.9 Å². The highest BCUT2D eigenvalue weighted by Crippen LogP contribution is 2.35. The molecule has 3 heterocycles. The highest BCUT2D eigenvalue weighted by molar-refractivity contribution is 7.98. The molecule has 5 rings (SSSR count). The van der Waals surface area contributed by atoms with Crippen molar-refractivity contribution in [3.63, 3.8) is 0 Å². The van der Waals surface area contributed by atoms with Crippen LogP contribution in [0.5, 0.6) is 0 Å². The second-order valence-corrected chi connectivity index (χ2v) is 9.32. The molecule has 0 unspecified atom stereocenters. The molecule has 0 aliphatic rings. The smallest absolute Gasteiger partial charge is 0.270 e. The van der Waals surface area contributed by atoms with Gasteiger partial charge in [-0.2, -0.15) is 13.2 Å². The lowest BCUT2D eigenvalue weighted by atomic mass is 10.1. The highest BCUT2D eigenvalue weighted by atomic mass is 35.5. The monoisotopic (exact) mass is 519 g/mol. The van der Waals surface area contributed by atoms with Gasteiger partial charge in [-0.3, -0.25) is 13.8 Å². The van der Waals surface area contributed by atoms with Gasteiger partial charge < -0.3 is 0 Å². The van der Waals surface area contributed by atoms with Gasteiger partial charge >= 0.3 is 6.18 Å². The molecule has 0 N–H and O–H groups in total. The fraction of sp³-hybridized carbons (Fsp3) is 0.0909. The summed E-state index contributed by atoms with van der Waals surface area (Å²) in [6.07, 6.45) is -2.86. The molecule has 0 amide bonds. The number of hydrogen-bond acceptors (Lipinski definition) is 6. The van der Waals surface area contributed by atoms with Crippen LogP contribution in [0.3, 0.4) is 0 Å². The van der Waals surface area contributed by atoms with Gasteiger partial charge in [-0.05, 0) is 30.3 Å². The summed E-state index contributed by atoms with van der Waals surface area (Å²) in [6, 6.07) is 13.2. The maximum Gasteiger partial charge on any atom is 0.416 e. The molecule has 0 bridgehead atoms. The van der Waals surface area contributed by atoms with E-state index in [-0.39, 0.29) is 17.0 Å². The van der Waals surface area contributed by atoms with Crippen molar-refractivity contribution in [3.05, 3.63) is 92.8 Å². The van der Waals surface area contributed by atoms with E-state index in [1.54, 1.807) is 41.9 Å². The van der Waals surface area contributed by atoms with Crippen LogP contribution in [0.15, 0.2) is 76.1 Å². The molecule has 12 heteroatoms. The van der Waals surface area contributed by atoms with Crippen LogP contribution in [0.25, 0.3) is 22.0 Å². The molecule has 0 aliphatic heterocycles. The normalized spacial score (nSPS) is 11.9. The van der Waals surface area contributed by atoms with Crippen molar-refractivity contribution in [1.82, 2.24) is 24.1 Å². The quantitative estimate of drug-likeness (QED) is 0.268. The summed E-state index contributed by atoms with van der Waals surface area (Å²) in [5.41, 5.74) is 0.280. The summed E-state index contributed by atoms with van der Waals surface area (Å²) in [5, 5.41) is 10.9. The number of benzene rings is 2. The minimum absolute atomic E-state index is 0.210. The first-order valence-electron chi connectivity index (χ1n) is 9.78. The zero-order valence-electron chi connectivity index (χ0n) is 17.0. The van der Waals surface area contributed by atoms with Crippen molar-refractivity contribution < 1.29 is 13.2 Å². The molecule has 0 aliphatic carbocycles. The maximum atomic E-state index is 13.4. The first kappa shape index (κ1) is 22.6. The van der Waals surface area contributed by atoms with Gasteiger partial charge in [-0.25, -0.2) is 4.98 Å². The summed E-state index contributed by atoms with van der Waals surface area (Å²) < 4.78 is 43.2. The third-order valence-electron chi connectivity index (χ3n) is 4.89. The molecule has 0 spiro atoms. The lowest BCUT2D eigenvalue weighted by molar-refractivity contribution is -0.137. The number of alkyl halides is 3. The third kappa shape index (κ3) is 4.33. The Hall–Kier alpha value is -3.15. The standard InChI is InChI=1S/C22H13ClF3N5OS2/c23-17-7-2-1-6-16(17)19-28-29-21(31(19)15-5-3-4-13(10-15)22(24,25)26)34-12-14-11-18(32)30-8-9-33-20(30)27-14/h1-11H,12H2. The van der Waals surface area contributed by atoms with Gasteiger partial charge in [-0.1, -0.05) is 41.6 Å². The van der Waals surface area contributed by atoms with Crippen LogP contribution in [-0.2, 0) is 11.9 Å². The number of fused-ring (bicyclic) bond motifs is 1. The Labute approximate surface area is 203 Å². The molecular weight excluding hydrogens is 507 g/mol. The molecule has 5 aromatic rings. The van der Waals surface area contributed by atoms with Crippen molar-refractivity contribution >= 4 is 39.7 Å². The van der Waals surface area contributed by atoms with Crippen LogP contribution in [0.4, 0.5) is 13.2 Å². The summed E-state index contributed by atoms with van der Waals surface area (Å²) >= 11 is 8.89. The Bertz CT molecular complexity index is 1560. The Kier molecular flexibility index (Phi) is 5.92. The molecule has 0 saturated heterocycles. The molecule has 2 aromatic carbocycles. The van der Waals surface area contributed by atoms with Gasteiger partial charge in [0.2, 0.25) is 0 Å². The van der Waals surface area contributed by atoms with Crippen LogP contribution >= 0.6 is 34.7 Å². The minimum Gasteiger partial charge on any atom is -0.270 e. The number of nitrogens with zero attached hydrogens (tertiary/aromatic N) is 5.